The summed E-state index contributed by atoms with van der Waals surface area (Å²) in [6.07, 6.45) is -3.14. The summed E-state index contributed by atoms with van der Waals surface area (Å²) in [4.78, 5) is 7.79. The Labute approximate surface area is 307 Å². The van der Waals surface area contributed by atoms with Crippen LogP contribution in [-0.2, 0) is 10.1 Å². The molecule has 0 amide bonds. The normalized spacial score (nSPS) is 15.0. The standard InChI is InChI=1S/C29H31N3.C6HF13O3S/c1-6-30-28-20-19-27(25-9-7-8-10-26(25)28)29(21-11-15-23(16-12-21)31(2)3)22-13-17-24(18-14-22)32(4)5;7-1(8,3(11,12)5(15,16)17)2(9,10)4(13,14)6(18,19)23(20,21)22/h7-20H,6H2,1-5H3;(H,20,21,22). The first-order valence-electron chi connectivity index (χ1n) is 15.6. The Kier molecular flexibility index (Phi) is 12.6. The first-order valence-corrected chi connectivity index (χ1v) is 17.0. The lowest BCUT2D eigenvalue weighted by Gasteiger charge is -2.39. The van der Waals surface area contributed by atoms with Crippen LogP contribution in [-0.4, -0.2) is 88.5 Å². The number of fused-ring (bicyclic) bond motifs is 1. The summed E-state index contributed by atoms with van der Waals surface area (Å²) in [5, 5.41) is -7.63. The highest BCUT2D eigenvalue weighted by Gasteiger charge is 2.91. The van der Waals surface area contributed by atoms with Gasteiger partial charge in [-0.1, -0.05) is 42.5 Å². The molecule has 1 aliphatic carbocycles. The maximum atomic E-state index is 12.7. The third-order valence-electron chi connectivity index (χ3n) is 8.12. The third-order valence-corrected chi connectivity index (χ3v) is 9.01. The Balaban J connectivity index is 0.000000315. The van der Waals surface area contributed by atoms with E-state index in [1.807, 2.05) is 0 Å². The van der Waals surface area contributed by atoms with Gasteiger partial charge in [-0.25, -0.2) is 13.4 Å². The second-order valence-corrected chi connectivity index (χ2v) is 13.7. The molecule has 0 unspecified atom stereocenters. The number of rotatable bonds is 10. The number of allylic oxidation sites excluding steroid dienone is 3. The SMILES string of the molecule is CC[NH+]=C1C=CC(=C(c2ccc(N(C)C)cc2)c2ccc(N(C)C)cc2)c2ccccc21.O=S(=O)([O-])C(F)(F)C(F)(F)C(F)(F)C(F)(F)C(F)(F)C(F)(F)F. The fraction of sp³-hybridized carbons (Fsp3) is 0.343. The summed E-state index contributed by atoms with van der Waals surface area (Å²) in [6, 6.07) is 26.4. The van der Waals surface area contributed by atoms with Crippen LogP contribution in [0.5, 0.6) is 0 Å². The molecule has 0 radical (unpaired) electrons. The molecule has 1 N–H and O–H groups in total. The maximum Gasteiger partial charge on any atom is 0.460 e. The van der Waals surface area contributed by atoms with Gasteiger partial charge in [0.05, 0.1) is 5.56 Å². The Morgan fingerprint density at radius 3 is 1.36 bits per heavy atom. The van der Waals surface area contributed by atoms with E-state index in [-0.39, 0.29) is 0 Å². The Bertz CT molecular complexity index is 1990. The topological polar surface area (TPSA) is 77.7 Å². The third kappa shape index (κ3) is 8.20. The minimum absolute atomic E-state index is 0.901. The molecule has 3 aromatic carbocycles. The molecule has 302 valence electrons. The molecule has 3 aromatic rings. The molecule has 1 aliphatic rings. The lowest BCUT2D eigenvalue weighted by Crippen LogP contribution is -2.72. The highest BCUT2D eigenvalue weighted by atomic mass is 32.2. The van der Waals surface area contributed by atoms with E-state index in [0.29, 0.717) is 0 Å². The predicted octanol–water partition coefficient (Wildman–Crippen LogP) is 7.47. The van der Waals surface area contributed by atoms with Gasteiger partial charge in [-0.3, -0.25) is 0 Å². The number of hydrogen-bond donors (Lipinski definition) is 1. The van der Waals surface area contributed by atoms with E-state index in [1.54, 1.807) is 0 Å². The van der Waals surface area contributed by atoms with Crippen LogP contribution in [0.4, 0.5) is 68.5 Å². The van der Waals surface area contributed by atoms with Gasteiger partial charge in [-0.05, 0) is 71.2 Å². The molecule has 55 heavy (non-hydrogen) atoms. The Morgan fingerprint density at radius 1 is 0.600 bits per heavy atom. The van der Waals surface area contributed by atoms with Crippen LogP contribution in [0.2, 0.25) is 0 Å². The zero-order valence-corrected chi connectivity index (χ0v) is 30.0. The van der Waals surface area contributed by atoms with Crippen LogP contribution in [0, 0.1) is 0 Å². The van der Waals surface area contributed by atoms with E-state index in [9.17, 15) is 70.0 Å². The minimum atomic E-state index is -8.29. The monoisotopic (exact) mass is 821 g/mol. The van der Waals surface area contributed by atoms with Gasteiger partial charge in [-0.2, -0.15) is 57.1 Å². The van der Waals surface area contributed by atoms with Crippen molar-refractivity contribution < 1.29 is 75.0 Å². The first-order chi connectivity index (χ1) is 25.0. The van der Waals surface area contributed by atoms with Crippen LogP contribution >= 0.6 is 0 Å². The summed E-state index contributed by atoms with van der Waals surface area (Å²) in [6.45, 7) is 3.04. The molecular weight excluding hydrogens is 789 g/mol. The predicted molar refractivity (Wildman–Crippen MR) is 179 cm³/mol. The van der Waals surface area contributed by atoms with Crippen molar-refractivity contribution in [2.24, 2.45) is 0 Å². The second kappa shape index (κ2) is 15.5. The van der Waals surface area contributed by atoms with Gasteiger partial charge in [0.15, 0.2) is 10.1 Å². The number of anilines is 2. The number of benzene rings is 3. The highest BCUT2D eigenvalue weighted by Crippen LogP contribution is 2.60. The van der Waals surface area contributed by atoms with Gasteiger partial charge in [0.2, 0.25) is 5.71 Å². The molecule has 0 saturated carbocycles. The average molecular weight is 822 g/mol. The zero-order valence-electron chi connectivity index (χ0n) is 29.2. The molecule has 4 rings (SSSR count). The number of hydrogen-bond acceptors (Lipinski definition) is 5. The summed E-state index contributed by atoms with van der Waals surface area (Å²) >= 11 is 0. The lowest BCUT2D eigenvalue weighted by atomic mass is 9.83. The van der Waals surface area contributed by atoms with Crippen molar-refractivity contribution in [3.8, 4) is 0 Å². The Hall–Kier alpha value is -4.59. The van der Waals surface area contributed by atoms with Crippen molar-refractivity contribution in [3.05, 3.63) is 107 Å². The Morgan fingerprint density at radius 2 is 1.00 bits per heavy atom. The largest absolute Gasteiger partial charge is 0.743 e. The quantitative estimate of drug-likeness (QED) is 0.170. The van der Waals surface area contributed by atoms with E-state index >= 15 is 0 Å². The summed E-state index contributed by atoms with van der Waals surface area (Å²) in [7, 11) is 0.447. The van der Waals surface area contributed by atoms with Crippen LogP contribution in [0.3, 0.4) is 0 Å². The first kappa shape index (κ1) is 44.8. The number of nitrogens with zero attached hydrogens (tertiary/aromatic N) is 2. The van der Waals surface area contributed by atoms with Crippen molar-refractivity contribution in [1.82, 2.24) is 0 Å². The van der Waals surface area contributed by atoms with E-state index in [2.05, 4.69) is 135 Å². The van der Waals surface area contributed by atoms with Gasteiger partial charge in [0.25, 0.3) is 0 Å². The van der Waals surface area contributed by atoms with Crippen molar-refractivity contribution >= 4 is 38.4 Å². The van der Waals surface area contributed by atoms with E-state index in [1.165, 1.54) is 50.5 Å². The molecular formula is C35H32F13N3O3S. The number of alkyl halides is 13. The van der Waals surface area contributed by atoms with Crippen molar-refractivity contribution in [2.45, 2.75) is 42.0 Å². The van der Waals surface area contributed by atoms with Gasteiger partial charge < -0.3 is 14.4 Å². The van der Waals surface area contributed by atoms with Gasteiger partial charge >= 0.3 is 35.1 Å². The van der Waals surface area contributed by atoms with E-state index in [4.69, 9.17) is 0 Å². The van der Waals surface area contributed by atoms with Gasteiger partial charge in [0, 0.05) is 45.6 Å². The van der Waals surface area contributed by atoms with Crippen LogP contribution in [0.25, 0.3) is 11.1 Å². The van der Waals surface area contributed by atoms with E-state index < -0.39 is 45.2 Å². The number of halogens is 13. The van der Waals surface area contributed by atoms with Crippen LogP contribution in [0.15, 0.2) is 84.9 Å². The smallest absolute Gasteiger partial charge is 0.460 e. The maximum absolute atomic E-state index is 12.7. The molecule has 0 bridgehead atoms. The van der Waals surface area contributed by atoms with Crippen molar-refractivity contribution in [2.75, 3.05) is 44.5 Å². The van der Waals surface area contributed by atoms with Gasteiger partial charge in [-0.15, -0.1) is 0 Å². The number of nitrogens with one attached hydrogen (secondary N) is 1. The van der Waals surface area contributed by atoms with Crippen molar-refractivity contribution in [3.63, 3.8) is 0 Å². The summed E-state index contributed by atoms with van der Waals surface area (Å²) in [5.41, 5.74) is 11.0. The lowest BCUT2D eigenvalue weighted by molar-refractivity contribution is -0.450. The van der Waals surface area contributed by atoms with Crippen molar-refractivity contribution in [1.29, 1.82) is 0 Å². The van der Waals surface area contributed by atoms with Crippen LogP contribution < -0.4 is 14.8 Å². The molecule has 20 heteroatoms. The zero-order chi connectivity index (χ0) is 42.2. The molecule has 0 aromatic heterocycles. The molecule has 0 atom stereocenters. The highest BCUT2D eigenvalue weighted by molar-refractivity contribution is 7.86. The summed E-state index contributed by atoms with van der Waals surface area (Å²) in [5.74, 6) is -32.6. The summed E-state index contributed by atoms with van der Waals surface area (Å²) < 4.78 is 189. The molecule has 0 spiro atoms. The molecule has 6 nitrogen and oxygen atoms in total. The fourth-order valence-electron chi connectivity index (χ4n) is 5.10. The van der Waals surface area contributed by atoms with E-state index in [0.717, 1.165) is 6.54 Å². The molecule has 0 saturated heterocycles. The molecule has 0 fully saturated rings. The average Bonchev–Trinajstić information content (AvgIpc) is 3.08. The van der Waals surface area contributed by atoms with Gasteiger partial charge in [0.1, 0.15) is 6.54 Å². The molecule has 0 aliphatic heterocycles. The minimum Gasteiger partial charge on any atom is -0.743 e. The molecule has 0 heterocycles. The van der Waals surface area contributed by atoms with Crippen LogP contribution in [0.1, 0.15) is 29.2 Å². The fourth-order valence-corrected chi connectivity index (χ4v) is 5.55. The second-order valence-electron chi connectivity index (χ2n) is 12.3.